The minimum atomic E-state index is -4.72. The van der Waals surface area contributed by atoms with E-state index in [0.29, 0.717) is 17.6 Å². The summed E-state index contributed by atoms with van der Waals surface area (Å²) in [6.45, 7) is 0. The molecule has 11 nitrogen and oxygen atoms in total. The van der Waals surface area contributed by atoms with Gasteiger partial charge in [0.2, 0.25) is 5.88 Å². The second-order valence-electron chi connectivity index (χ2n) is 8.11. The van der Waals surface area contributed by atoms with Crippen LogP contribution in [0.2, 0.25) is 0 Å². The lowest BCUT2D eigenvalue weighted by Crippen LogP contribution is -2.24. The number of aromatic nitrogens is 3. The quantitative estimate of drug-likeness (QED) is 0.289. The Morgan fingerprint density at radius 2 is 1.72 bits per heavy atom. The normalized spacial score (nSPS) is 11.1. The maximum Gasteiger partial charge on any atom is 0.416 e. The molecular formula is C25H21F3N6O5. The predicted molar refractivity (Wildman–Crippen MR) is 134 cm³/mol. The van der Waals surface area contributed by atoms with Gasteiger partial charge in [-0.2, -0.15) is 13.2 Å². The van der Waals surface area contributed by atoms with E-state index in [4.69, 9.17) is 4.74 Å². The number of hydrogen-bond acceptors (Lipinski definition) is 6. The third-order valence-electron chi connectivity index (χ3n) is 5.38. The van der Waals surface area contributed by atoms with Crippen LogP contribution in [0.15, 0.2) is 71.8 Å². The Bertz CT molecular complexity index is 1600. The molecule has 4 N–H and O–H groups in total. The van der Waals surface area contributed by atoms with Crippen molar-refractivity contribution in [2.24, 2.45) is 7.05 Å². The van der Waals surface area contributed by atoms with Crippen LogP contribution in [0, 0.1) is 0 Å². The number of urea groups is 1. The molecule has 0 unspecified atom stereocenters. The van der Waals surface area contributed by atoms with Crippen molar-refractivity contribution in [2.45, 2.75) is 6.18 Å². The van der Waals surface area contributed by atoms with E-state index in [9.17, 15) is 32.7 Å². The second-order valence-corrected chi connectivity index (χ2v) is 8.11. The number of carbonyl (C=O) groups is 2. The van der Waals surface area contributed by atoms with Crippen LogP contribution in [-0.4, -0.2) is 38.2 Å². The Balaban J connectivity index is 1.52. The fourth-order valence-corrected chi connectivity index (χ4v) is 3.53. The molecule has 0 saturated carbocycles. The van der Waals surface area contributed by atoms with Gasteiger partial charge in [-0.15, -0.1) is 0 Å². The van der Waals surface area contributed by atoms with Gasteiger partial charge in [0.1, 0.15) is 17.2 Å². The number of carbonyl (C=O) groups excluding carboxylic acids is 2. The van der Waals surface area contributed by atoms with Crippen LogP contribution in [0.5, 0.6) is 17.4 Å². The van der Waals surface area contributed by atoms with Crippen molar-refractivity contribution in [3.63, 3.8) is 0 Å². The summed E-state index contributed by atoms with van der Waals surface area (Å²) in [5.41, 5.74) is -1.90. The smallest absolute Gasteiger partial charge is 0.416 e. The Labute approximate surface area is 218 Å². The van der Waals surface area contributed by atoms with E-state index in [0.717, 1.165) is 27.5 Å². The minimum Gasteiger partial charge on any atom is -0.493 e. The number of nitrogens with zero attached hydrogens (tertiary/aromatic N) is 3. The molecule has 2 aromatic heterocycles. The number of anilines is 2. The first-order valence-corrected chi connectivity index (χ1v) is 11.2. The number of rotatable bonds is 6. The van der Waals surface area contributed by atoms with Crippen LogP contribution in [-0.2, 0) is 13.2 Å². The topological polar surface area (TPSA) is 140 Å². The van der Waals surface area contributed by atoms with Crippen LogP contribution in [0.4, 0.5) is 29.3 Å². The molecule has 2 heterocycles. The predicted octanol–water partition coefficient (Wildman–Crippen LogP) is 4.09. The van der Waals surface area contributed by atoms with Gasteiger partial charge in [0.05, 0.1) is 23.1 Å². The Kier molecular flexibility index (Phi) is 7.29. The standard InChI is InChI=1S/C25H21F3N6O5/c1-29-22(36)19-12-17(9-10-30-19)39-16-6-4-15(5-7-16)31-23(37)32-18-11-14(25(26,27)28)3-8-20(18)34-21(35)13-33(2)24(34)38/h3-13,35H,1-2H3,(H,29,36)(H2,31,32,37). The van der Waals surface area contributed by atoms with Gasteiger partial charge >= 0.3 is 17.9 Å². The Hall–Kier alpha value is -5.27. The third kappa shape index (κ3) is 6.01. The summed E-state index contributed by atoms with van der Waals surface area (Å²) in [6.07, 6.45) is -2.23. The highest BCUT2D eigenvalue weighted by Crippen LogP contribution is 2.34. The highest BCUT2D eigenvalue weighted by atomic mass is 19.4. The van der Waals surface area contributed by atoms with Gasteiger partial charge in [-0.1, -0.05) is 0 Å². The molecule has 0 aliphatic rings. The number of halogens is 3. The number of pyridine rings is 1. The first-order chi connectivity index (χ1) is 18.5. The van der Waals surface area contributed by atoms with Crippen LogP contribution < -0.4 is 26.4 Å². The highest BCUT2D eigenvalue weighted by Gasteiger charge is 2.32. The maximum absolute atomic E-state index is 13.3. The lowest BCUT2D eigenvalue weighted by atomic mass is 10.1. The first-order valence-electron chi connectivity index (χ1n) is 11.2. The molecule has 0 bridgehead atoms. The average molecular weight is 542 g/mol. The number of alkyl halides is 3. The molecule has 0 fully saturated rings. The summed E-state index contributed by atoms with van der Waals surface area (Å²) >= 11 is 0. The SMILES string of the molecule is CNC(=O)c1cc(Oc2ccc(NC(=O)Nc3cc(C(F)(F)F)ccc3-n3c(O)cn(C)c3=O)cc2)ccn1. The Morgan fingerprint density at radius 1 is 1.00 bits per heavy atom. The van der Waals surface area contributed by atoms with Gasteiger partial charge in [0, 0.05) is 32.0 Å². The van der Waals surface area contributed by atoms with E-state index in [1.807, 2.05) is 0 Å². The van der Waals surface area contributed by atoms with Crippen molar-refractivity contribution in [1.29, 1.82) is 0 Å². The molecule has 0 aliphatic carbocycles. The fourth-order valence-electron chi connectivity index (χ4n) is 3.53. The molecule has 39 heavy (non-hydrogen) atoms. The maximum atomic E-state index is 13.3. The number of benzene rings is 2. The molecule has 0 saturated heterocycles. The molecule has 4 rings (SSSR count). The van der Waals surface area contributed by atoms with Crippen molar-refractivity contribution < 1.29 is 32.6 Å². The van der Waals surface area contributed by atoms with Crippen molar-refractivity contribution in [3.05, 3.63) is 88.7 Å². The van der Waals surface area contributed by atoms with Crippen LogP contribution in [0.3, 0.4) is 0 Å². The number of hydrogen-bond donors (Lipinski definition) is 4. The van der Waals surface area contributed by atoms with Gasteiger partial charge in [-0.25, -0.2) is 14.2 Å². The molecular weight excluding hydrogens is 521 g/mol. The zero-order valence-electron chi connectivity index (χ0n) is 20.4. The van der Waals surface area contributed by atoms with Gasteiger partial charge in [-0.3, -0.25) is 14.3 Å². The first kappa shape index (κ1) is 26.8. The van der Waals surface area contributed by atoms with Crippen LogP contribution >= 0.6 is 0 Å². The van der Waals surface area contributed by atoms with E-state index >= 15 is 0 Å². The zero-order valence-corrected chi connectivity index (χ0v) is 20.4. The monoisotopic (exact) mass is 542 g/mol. The summed E-state index contributed by atoms with van der Waals surface area (Å²) in [7, 11) is 2.82. The van der Waals surface area contributed by atoms with Crippen molar-refractivity contribution in [2.75, 3.05) is 17.7 Å². The average Bonchev–Trinajstić information content (AvgIpc) is 3.15. The lowest BCUT2D eigenvalue weighted by molar-refractivity contribution is -0.137. The number of imidazole rings is 1. The molecule has 2 aromatic carbocycles. The van der Waals surface area contributed by atoms with Gasteiger partial charge in [0.15, 0.2) is 0 Å². The molecule has 0 atom stereocenters. The molecule has 0 aliphatic heterocycles. The number of nitrogens with one attached hydrogen (secondary N) is 3. The summed E-state index contributed by atoms with van der Waals surface area (Å²) in [6, 6.07) is 10.5. The molecule has 14 heteroatoms. The zero-order chi connectivity index (χ0) is 28.3. The van der Waals surface area contributed by atoms with Crippen molar-refractivity contribution >= 4 is 23.3 Å². The molecule has 3 amide bonds. The fraction of sp³-hybridized carbons (Fsp3) is 0.120. The highest BCUT2D eigenvalue weighted by molar-refractivity contribution is 6.01. The summed E-state index contributed by atoms with van der Waals surface area (Å²) in [5.74, 6) is -0.201. The number of amides is 3. The van der Waals surface area contributed by atoms with E-state index in [2.05, 4.69) is 20.9 Å². The number of ether oxygens (including phenoxy) is 1. The Morgan fingerprint density at radius 3 is 2.33 bits per heavy atom. The summed E-state index contributed by atoms with van der Waals surface area (Å²) in [4.78, 5) is 40.8. The van der Waals surface area contributed by atoms with Gasteiger partial charge in [-0.05, 0) is 48.5 Å². The van der Waals surface area contributed by atoms with Crippen molar-refractivity contribution in [3.8, 4) is 23.1 Å². The number of aryl methyl sites for hydroxylation is 1. The van der Waals surface area contributed by atoms with Crippen LogP contribution in [0.25, 0.3) is 5.69 Å². The minimum absolute atomic E-state index is 0.157. The van der Waals surface area contributed by atoms with Gasteiger partial charge in [0.25, 0.3) is 5.91 Å². The molecule has 0 spiro atoms. The lowest BCUT2D eigenvalue weighted by Gasteiger charge is -2.16. The molecule has 0 radical (unpaired) electrons. The molecule has 202 valence electrons. The largest absolute Gasteiger partial charge is 0.493 e. The number of aromatic hydroxyl groups is 1. The third-order valence-corrected chi connectivity index (χ3v) is 5.38. The van der Waals surface area contributed by atoms with E-state index < -0.39 is 29.3 Å². The van der Waals surface area contributed by atoms with Gasteiger partial charge < -0.3 is 25.8 Å². The van der Waals surface area contributed by atoms with Crippen LogP contribution in [0.1, 0.15) is 16.1 Å². The van der Waals surface area contributed by atoms with E-state index in [1.54, 1.807) is 6.07 Å². The van der Waals surface area contributed by atoms with E-state index in [1.165, 1.54) is 50.6 Å². The summed E-state index contributed by atoms with van der Waals surface area (Å²) in [5, 5.41) is 17.4. The van der Waals surface area contributed by atoms with E-state index in [-0.39, 0.29) is 28.7 Å². The molecule has 4 aromatic rings. The van der Waals surface area contributed by atoms with Crippen molar-refractivity contribution in [1.82, 2.24) is 19.4 Å². The second kappa shape index (κ2) is 10.6. The summed E-state index contributed by atoms with van der Waals surface area (Å²) < 4.78 is 47.5.